The number of carbonyl (C=O) groups excluding carboxylic acids is 2. The van der Waals surface area contributed by atoms with Crippen molar-refractivity contribution in [1.29, 1.82) is 0 Å². The van der Waals surface area contributed by atoms with Crippen molar-refractivity contribution in [3.05, 3.63) is 47.6 Å². The van der Waals surface area contributed by atoms with Crippen molar-refractivity contribution >= 4 is 27.9 Å². The third kappa shape index (κ3) is 6.07. The second-order valence-electron chi connectivity index (χ2n) is 4.05. The summed E-state index contributed by atoms with van der Waals surface area (Å²) in [5.41, 5.74) is 2.01. The molecule has 2 aromatic heterocycles. The van der Waals surface area contributed by atoms with E-state index >= 15 is 0 Å². The van der Waals surface area contributed by atoms with Gasteiger partial charge in [-0.05, 0) is 6.92 Å². The highest BCUT2D eigenvalue weighted by Crippen LogP contribution is 2.01. The predicted octanol–water partition coefficient (Wildman–Crippen LogP) is 1.73. The molecule has 0 atom stereocenters. The minimum atomic E-state index is -0.469. The summed E-state index contributed by atoms with van der Waals surface area (Å²) in [4.78, 5) is 37.2. The second kappa shape index (κ2) is 9.57. The number of ether oxygens (including phenoxy) is 2. The van der Waals surface area contributed by atoms with Crippen molar-refractivity contribution in [2.45, 2.75) is 12.3 Å². The third-order valence-corrected chi connectivity index (χ3v) is 2.99. The first-order valence-corrected chi connectivity index (χ1v) is 7.46. The normalized spacial score (nSPS) is 9.39. The Morgan fingerprint density at radius 2 is 1.43 bits per heavy atom. The Bertz CT molecular complexity index is 647. The molecule has 0 aliphatic rings. The molecule has 2 rings (SSSR count). The molecule has 2 aromatic rings. The molecule has 0 aliphatic heterocycles. The number of halogens is 1. The van der Waals surface area contributed by atoms with Crippen LogP contribution in [0.15, 0.2) is 24.8 Å². The second-order valence-corrected chi connectivity index (χ2v) is 4.61. The number of rotatable bonds is 3. The first-order chi connectivity index (χ1) is 11.0. The molecule has 0 saturated heterocycles. The van der Waals surface area contributed by atoms with Gasteiger partial charge in [-0.3, -0.25) is 9.97 Å². The summed E-state index contributed by atoms with van der Waals surface area (Å²) in [6, 6.07) is 0. The zero-order valence-corrected chi connectivity index (χ0v) is 14.4. The lowest BCUT2D eigenvalue weighted by molar-refractivity contribution is 0.0584. The van der Waals surface area contributed by atoms with E-state index in [2.05, 4.69) is 45.3 Å². The fourth-order valence-corrected chi connectivity index (χ4v) is 1.53. The van der Waals surface area contributed by atoms with Gasteiger partial charge in [-0.15, -0.1) is 0 Å². The maximum absolute atomic E-state index is 10.9. The molecular weight excluding hydrogens is 368 g/mol. The van der Waals surface area contributed by atoms with E-state index in [1.807, 2.05) is 0 Å². The number of esters is 2. The lowest BCUT2D eigenvalue weighted by Gasteiger charge is -1.97. The van der Waals surface area contributed by atoms with Crippen molar-refractivity contribution < 1.29 is 19.1 Å². The molecule has 122 valence electrons. The minimum absolute atomic E-state index is 0.224. The molecule has 8 nitrogen and oxygen atoms in total. The molecule has 0 aromatic carbocycles. The number of carbonyl (C=O) groups is 2. The molecule has 2 heterocycles. The summed E-state index contributed by atoms with van der Waals surface area (Å²) < 4.78 is 8.89. The highest BCUT2D eigenvalue weighted by Gasteiger charge is 2.06. The van der Waals surface area contributed by atoms with E-state index in [0.29, 0.717) is 5.33 Å². The quantitative estimate of drug-likeness (QED) is 0.583. The first-order valence-electron chi connectivity index (χ1n) is 6.34. The van der Waals surface area contributed by atoms with Crippen molar-refractivity contribution in [2.24, 2.45) is 0 Å². The molecular formula is C14H15BrN4O4. The Labute approximate surface area is 141 Å². The van der Waals surface area contributed by atoms with Crippen LogP contribution < -0.4 is 0 Å². The Hall–Kier alpha value is -2.42. The summed E-state index contributed by atoms with van der Waals surface area (Å²) in [5.74, 6) is -0.930. The molecule has 0 aliphatic carbocycles. The largest absolute Gasteiger partial charge is 0.464 e. The van der Waals surface area contributed by atoms with Crippen molar-refractivity contribution in [1.82, 2.24) is 19.9 Å². The van der Waals surface area contributed by atoms with E-state index in [1.165, 1.54) is 39.0 Å². The molecule has 0 unspecified atom stereocenters. The third-order valence-electron chi connectivity index (χ3n) is 2.41. The summed E-state index contributed by atoms with van der Waals surface area (Å²) in [7, 11) is 2.62. The van der Waals surface area contributed by atoms with E-state index in [1.54, 1.807) is 6.92 Å². The van der Waals surface area contributed by atoms with E-state index in [0.717, 1.165) is 11.4 Å². The van der Waals surface area contributed by atoms with Crippen LogP contribution in [-0.4, -0.2) is 46.1 Å². The Morgan fingerprint density at radius 3 is 1.78 bits per heavy atom. The van der Waals surface area contributed by atoms with Crippen LogP contribution >= 0.6 is 15.9 Å². The Balaban J connectivity index is 0.000000231. The average Bonchev–Trinajstić information content (AvgIpc) is 2.61. The smallest absolute Gasteiger partial charge is 0.358 e. The van der Waals surface area contributed by atoms with Crippen LogP contribution in [0.4, 0.5) is 0 Å². The van der Waals surface area contributed by atoms with Crippen molar-refractivity contribution in [3.8, 4) is 0 Å². The van der Waals surface area contributed by atoms with Crippen LogP contribution in [0.3, 0.4) is 0 Å². The van der Waals surface area contributed by atoms with Crippen LogP contribution in [0.2, 0.25) is 0 Å². The molecule has 0 radical (unpaired) electrons. The van der Waals surface area contributed by atoms with E-state index in [-0.39, 0.29) is 11.4 Å². The van der Waals surface area contributed by atoms with Crippen LogP contribution in [0.25, 0.3) is 0 Å². The number of methoxy groups -OCH3 is 2. The monoisotopic (exact) mass is 382 g/mol. The van der Waals surface area contributed by atoms with Gasteiger partial charge < -0.3 is 9.47 Å². The van der Waals surface area contributed by atoms with E-state index in [4.69, 9.17) is 0 Å². The number of aryl methyl sites for hydroxylation is 1. The number of nitrogens with zero attached hydrogens (tertiary/aromatic N) is 4. The van der Waals surface area contributed by atoms with Crippen molar-refractivity contribution in [3.63, 3.8) is 0 Å². The van der Waals surface area contributed by atoms with Gasteiger partial charge in [0.15, 0.2) is 11.4 Å². The van der Waals surface area contributed by atoms with Crippen LogP contribution in [0.5, 0.6) is 0 Å². The van der Waals surface area contributed by atoms with Gasteiger partial charge in [-0.1, -0.05) is 15.9 Å². The molecule has 23 heavy (non-hydrogen) atoms. The van der Waals surface area contributed by atoms with E-state index < -0.39 is 11.9 Å². The maximum Gasteiger partial charge on any atom is 0.358 e. The fraction of sp³-hybridized carbons (Fsp3) is 0.286. The van der Waals surface area contributed by atoms with Gasteiger partial charge in [0, 0.05) is 11.5 Å². The lowest BCUT2D eigenvalue weighted by Crippen LogP contribution is -2.05. The molecule has 0 saturated carbocycles. The molecule has 0 spiro atoms. The zero-order valence-electron chi connectivity index (χ0n) is 12.8. The number of aromatic nitrogens is 4. The molecule has 0 bridgehead atoms. The SMILES string of the molecule is COC(=O)c1cnc(C)cn1.COC(=O)c1cnc(CBr)cn1. The summed E-state index contributed by atoms with van der Waals surface area (Å²) in [6.45, 7) is 1.80. The van der Waals surface area contributed by atoms with Gasteiger partial charge in [0.05, 0.1) is 44.2 Å². The summed E-state index contributed by atoms with van der Waals surface area (Å²) in [5, 5.41) is 0.626. The summed E-state index contributed by atoms with van der Waals surface area (Å²) >= 11 is 3.22. The van der Waals surface area contributed by atoms with Crippen LogP contribution in [-0.2, 0) is 14.8 Å². The maximum atomic E-state index is 10.9. The van der Waals surface area contributed by atoms with Gasteiger partial charge >= 0.3 is 11.9 Å². The summed E-state index contributed by atoms with van der Waals surface area (Å²) in [6.07, 6.45) is 5.83. The van der Waals surface area contributed by atoms with Gasteiger partial charge in [-0.25, -0.2) is 19.6 Å². The molecule has 0 N–H and O–H groups in total. The van der Waals surface area contributed by atoms with Gasteiger partial charge in [-0.2, -0.15) is 0 Å². The first kappa shape index (κ1) is 18.6. The van der Waals surface area contributed by atoms with Gasteiger partial charge in [0.2, 0.25) is 0 Å². The molecule has 0 fully saturated rings. The van der Waals surface area contributed by atoms with Crippen molar-refractivity contribution in [2.75, 3.05) is 14.2 Å². The predicted molar refractivity (Wildman–Crippen MR) is 84.1 cm³/mol. The van der Waals surface area contributed by atoms with Gasteiger partial charge in [0.25, 0.3) is 0 Å². The van der Waals surface area contributed by atoms with Gasteiger partial charge in [0.1, 0.15) is 0 Å². The van der Waals surface area contributed by atoms with Crippen LogP contribution in [0, 0.1) is 6.92 Å². The number of alkyl halides is 1. The minimum Gasteiger partial charge on any atom is -0.464 e. The van der Waals surface area contributed by atoms with E-state index in [9.17, 15) is 9.59 Å². The lowest BCUT2D eigenvalue weighted by atomic mass is 10.4. The molecule has 9 heteroatoms. The Kier molecular flexibility index (Phi) is 7.75. The Morgan fingerprint density at radius 1 is 0.913 bits per heavy atom. The fourth-order valence-electron chi connectivity index (χ4n) is 1.24. The number of hydrogen-bond acceptors (Lipinski definition) is 8. The average molecular weight is 383 g/mol. The molecule has 0 amide bonds. The highest BCUT2D eigenvalue weighted by molar-refractivity contribution is 9.08. The van der Waals surface area contributed by atoms with Crippen LogP contribution in [0.1, 0.15) is 32.4 Å². The topological polar surface area (TPSA) is 104 Å². The highest BCUT2D eigenvalue weighted by atomic mass is 79.9. The number of hydrogen-bond donors (Lipinski definition) is 0. The standard InChI is InChI=1S/C7H7BrN2O2.C7H8N2O2/c1-12-7(11)6-4-9-5(2-8)3-10-6;1-5-3-9-6(4-8-5)7(10)11-2/h3-4H,2H2,1H3;3-4H,1-2H3. The zero-order chi connectivity index (χ0) is 17.2.